The van der Waals surface area contributed by atoms with Crippen molar-refractivity contribution in [2.45, 2.75) is 32.3 Å². The largest absolute Gasteiger partial charge is 0.341 e. The first-order chi connectivity index (χ1) is 11.8. The van der Waals surface area contributed by atoms with E-state index in [1.165, 1.54) is 11.8 Å². The highest BCUT2D eigenvalue weighted by Gasteiger charge is 2.16. The van der Waals surface area contributed by atoms with Gasteiger partial charge in [0.05, 0.1) is 11.3 Å². The van der Waals surface area contributed by atoms with Crippen LogP contribution in [0.5, 0.6) is 0 Å². The van der Waals surface area contributed by atoms with Gasteiger partial charge in [-0.1, -0.05) is 45.9 Å². The van der Waals surface area contributed by atoms with E-state index in [0.717, 1.165) is 26.9 Å². The van der Waals surface area contributed by atoms with Crippen molar-refractivity contribution in [2.75, 3.05) is 12.8 Å². The molecule has 1 amide bonds. The van der Waals surface area contributed by atoms with Crippen molar-refractivity contribution < 1.29 is 4.79 Å². The minimum Gasteiger partial charge on any atom is -0.341 e. The van der Waals surface area contributed by atoms with Crippen LogP contribution in [0.4, 0.5) is 0 Å². The van der Waals surface area contributed by atoms with Gasteiger partial charge in [-0.15, -0.1) is 0 Å². The van der Waals surface area contributed by atoms with Gasteiger partial charge in [-0.25, -0.2) is 4.98 Å². The second kappa shape index (κ2) is 8.50. The monoisotopic (exact) mass is 417 g/mol. The molecule has 0 aliphatic rings. The number of pyridine rings is 1. The van der Waals surface area contributed by atoms with Crippen LogP contribution in [0.25, 0.3) is 0 Å². The van der Waals surface area contributed by atoms with Gasteiger partial charge in [0.15, 0.2) is 0 Å². The van der Waals surface area contributed by atoms with Crippen LogP contribution in [0.3, 0.4) is 0 Å². The first kappa shape index (κ1) is 19.5. The SMILES string of the molecule is Cc1nc(SCC(=O)N(C)Cc2ccccc2Br)c(C#N)c(C)c1C. The second-order valence-electron chi connectivity index (χ2n) is 5.87. The van der Waals surface area contributed by atoms with Crippen molar-refractivity contribution >= 4 is 33.6 Å². The molecule has 0 saturated carbocycles. The number of halogens is 1. The summed E-state index contributed by atoms with van der Waals surface area (Å²) in [7, 11) is 1.78. The van der Waals surface area contributed by atoms with Crippen LogP contribution in [0.1, 0.15) is 27.9 Å². The number of hydrogen-bond acceptors (Lipinski definition) is 4. The molecular formula is C19H20BrN3OS. The fourth-order valence-electron chi connectivity index (χ4n) is 2.36. The molecule has 0 aliphatic carbocycles. The Labute approximate surface area is 161 Å². The van der Waals surface area contributed by atoms with Crippen molar-refractivity contribution in [1.29, 1.82) is 5.26 Å². The molecule has 0 N–H and O–H groups in total. The van der Waals surface area contributed by atoms with Gasteiger partial charge >= 0.3 is 0 Å². The highest BCUT2D eigenvalue weighted by Crippen LogP contribution is 2.26. The Balaban J connectivity index is 2.08. The van der Waals surface area contributed by atoms with Gasteiger partial charge in [-0.2, -0.15) is 5.26 Å². The van der Waals surface area contributed by atoms with Gasteiger partial charge in [0.1, 0.15) is 11.1 Å². The molecule has 2 aromatic rings. The molecule has 0 aliphatic heterocycles. The third-order valence-electron chi connectivity index (χ3n) is 4.20. The van der Waals surface area contributed by atoms with Gasteiger partial charge in [0.25, 0.3) is 0 Å². The van der Waals surface area contributed by atoms with E-state index in [-0.39, 0.29) is 11.7 Å². The molecule has 130 valence electrons. The summed E-state index contributed by atoms with van der Waals surface area (Å²) in [6, 6.07) is 10.1. The zero-order valence-electron chi connectivity index (χ0n) is 14.8. The number of nitriles is 1. The number of amides is 1. The Kier molecular flexibility index (Phi) is 6.63. The van der Waals surface area contributed by atoms with E-state index in [1.54, 1.807) is 11.9 Å². The fraction of sp³-hybridized carbons (Fsp3) is 0.316. The molecule has 0 spiro atoms. The highest BCUT2D eigenvalue weighted by atomic mass is 79.9. The fourth-order valence-corrected chi connectivity index (χ4v) is 3.79. The quantitative estimate of drug-likeness (QED) is 0.676. The van der Waals surface area contributed by atoms with E-state index in [9.17, 15) is 10.1 Å². The molecule has 0 unspecified atom stereocenters. The van der Waals surface area contributed by atoms with Crippen LogP contribution in [-0.2, 0) is 11.3 Å². The molecule has 2 rings (SSSR count). The number of benzene rings is 1. The Morgan fingerprint density at radius 1 is 1.28 bits per heavy atom. The third-order valence-corrected chi connectivity index (χ3v) is 5.93. The van der Waals surface area contributed by atoms with E-state index >= 15 is 0 Å². The molecule has 6 heteroatoms. The predicted molar refractivity (Wildman–Crippen MR) is 105 cm³/mol. The highest BCUT2D eigenvalue weighted by molar-refractivity contribution is 9.10. The molecule has 1 aromatic carbocycles. The Bertz CT molecular complexity index is 845. The van der Waals surface area contributed by atoms with Crippen molar-refractivity contribution in [2.24, 2.45) is 0 Å². The molecule has 1 heterocycles. The zero-order chi connectivity index (χ0) is 18.6. The van der Waals surface area contributed by atoms with E-state index in [2.05, 4.69) is 27.0 Å². The number of hydrogen-bond donors (Lipinski definition) is 0. The van der Waals surface area contributed by atoms with Gasteiger partial charge in [-0.3, -0.25) is 4.79 Å². The standard InChI is InChI=1S/C19H20BrN3OS/c1-12-13(2)16(9-21)19(22-14(12)3)25-11-18(24)23(4)10-15-7-5-6-8-17(15)20/h5-8H,10-11H2,1-4H3. The van der Waals surface area contributed by atoms with E-state index in [4.69, 9.17) is 0 Å². The van der Waals surface area contributed by atoms with Crippen molar-refractivity contribution in [3.05, 3.63) is 56.7 Å². The lowest BCUT2D eigenvalue weighted by Crippen LogP contribution is -2.28. The number of carbonyl (C=O) groups is 1. The predicted octanol–water partition coefficient (Wildman–Crippen LogP) is 4.39. The van der Waals surface area contributed by atoms with Crippen molar-refractivity contribution in [1.82, 2.24) is 9.88 Å². The van der Waals surface area contributed by atoms with E-state index < -0.39 is 0 Å². The van der Waals surface area contributed by atoms with Gasteiger partial charge in [0.2, 0.25) is 5.91 Å². The minimum absolute atomic E-state index is 0.00215. The lowest BCUT2D eigenvalue weighted by Gasteiger charge is -2.18. The summed E-state index contributed by atoms with van der Waals surface area (Å²) in [6.45, 7) is 6.34. The number of aromatic nitrogens is 1. The Morgan fingerprint density at radius 2 is 1.96 bits per heavy atom. The molecule has 0 fully saturated rings. The van der Waals surface area contributed by atoms with Crippen molar-refractivity contribution in [3.8, 4) is 6.07 Å². The lowest BCUT2D eigenvalue weighted by atomic mass is 10.1. The average Bonchev–Trinajstić information content (AvgIpc) is 2.59. The first-order valence-electron chi connectivity index (χ1n) is 7.83. The summed E-state index contributed by atoms with van der Waals surface area (Å²) in [5.74, 6) is 0.257. The molecule has 0 atom stereocenters. The maximum absolute atomic E-state index is 12.4. The molecule has 4 nitrogen and oxygen atoms in total. The molecule has 0 bridgehead atoms. The molecule has 1 aromatic heterocycles. The van der Waals surface area contributed by atoms with Crippen LogP contribution in [0, 0.1) is 32.1 Å². The van der Waals surface area contributed by atoms with Crippen LogP contribution in [0.2, 0.25) is 0 Å². The summed E-state index contributed by atoms with van der Waals surface area (Å²) in [6.07, 6.45) is 0. The molecule has 0 radical (unpaired) electrons. The number of nitrogens with zero attached hydrogens (tertiary/aromatic N) is 3. The number of thioether (sulfide) groups is 1. The molecule has 25 heavy (non-hydrogen) atoms. The smallest absolute Gasteiger partial charge is 0.233 e. The third kappa shape index (κ3) is 4.62. The van der Waals surface area contributed by atoms with Crippen LogP contribution >= 0.6 is 27.7 Å². The lowest BCUT2D eigenvalue weighted by molar-refractivity contribution is -0.127. The second-order valence-corrected chi connectivity index (χ2v) is 7.69. The maximum Gasteiger partial charge on any atom is 0.233 e. The van der Waals surface area contributed by atoms with Gasteiger partial charge in [0, 0.05) is 23.8 Å². The summed E-state index contributed by atoms with van der Waals surface area (Å²) < 4.78 is 0.987. The van der Waals surface area contributed by atoms with Crippen LogP contribution in [0.15, 0.2) is 33.8 Å². The topological polar surface area (TPSA) is 57.0 Å². The summed E-state index contributed by atoms with van der Waals surface area (Å²) in [4.78, 5) is 18.6. The summed E-state index contributed by atoms with van der Waals surface area (Å²) in [5.41, 5.74) is 4.48. The number of aryl methyl sites for hydroxylation is 1. The summed E-state index contributed by atoms with van der Waals surface area (Å²) >= 11 is 4.83. The average molecular weight is 418 g/mol. The molecule has 0 saturated heterocycles. The van der Waals surface area contributed by atoms with E-state index in [1.807, 2.05) is 45.0 Å². The van der Waals surface area contributed by atoms with Gasteiger partial charge < -0.3 is 4.90 Å². The Morgan fingerprint density at radius 3 is 2.60 bits per heavy atom. The van der Waals surface area contributed by atoms with Crippen LogP contribution in [-0.4, -0.2) is 28.6 Å². The zero-order valence-corrected chi connectivity index (χ0v) is 17.2. The minimum atomic E-state index is 0.00215. The first-order valence-corrected chi connectivity index (χ1v) is 9.61. The van der Waals surface area contributed by atoms with Gasteiger partial charge in [-0.05, 0) is 43.5 Å². The number of carbonyl (C=O) groups excluding carboxylic acids is 1. The van der Waals surface area contributed by atoms with Crippen LogP contribution < -0.4 is 0 Å². The number of rotatable bonds is 5. The molecular weight excluding hydrogens is 398 g/mol. The van der Waals surface area contributed by atoms with Crippen molar-refractivity contribution in [3.63, 3.8) is 0 Å². The van der Waals surface area contributed by atoms with E-state index in [0.29, 0.717) is 17.1 Å². The Hall–Kier alpha value is -1.84. The normalized spacial score (nSPS) is 10.4. The maximum atomic E-state index is 12.4. The summed E-state index contributed by atoms with van der Waals surface area (Å²) in [5, 5.41) is 10.0.